The molecule has 214 valence electrons. The first-order valence-electron chi connectivity index (χ1n) is 13.3. The summed E-state index contributed by atoms with van der Waals surface area (Å²) >= 11 is 6.31. The summed E-state index contributed by atoms with van der Waals surface area (Å²) in [4.78, 5) is 12.5. The molecule has 4 rings (SSSR count). The van der Waals surface area contributed by atoms with Gasteiger partial charge in [0, 0.05) is 52.9 Å². The Morgan fingerprint density at radius 2 is 1.80 bits per heavy atom. The Kier molecular flexibility index (Phi) is 8.77. The third-order valence-electron chi connectivity index (χ3n) is 7.37. The van der Waals surface area contributed by atoms with E-state index >= 15 is 0 Å². The lowest BCUT2D eigenvalue weighted by Crippen LogP contribution is -2.34. The van der Waals surface area contributed by atoms with Crippen LogP contribution in [0, 0.1) is 34.6 Å². The van der Waals surface area contributed by atoms with Gasteiger partial charge in [0.1, 0.15) is 5.75 Å². The molecule has 0 radical (unpaired) electrons. The van der Waals surface area contributed by atoms with E-state index in [0.29, 0.717) is 13.2 Å². The minimum atomic E-state index is -3.37. The topological polar surface area (TPSA) is 98.4 Å². The van der Waals surface area contributed by atoms with Crippen molar-refractivity contribution in [2.75, 3.05) is 12.9 Å². The molecule has 2 aromatic heterocycles. The van der Waals surface area contributed by atoms with Crippen LogP contribution in [0.25, 0.3) is 22.0 Å². The molecule has 40 heavy (non-hydrogen) atoms. The predicted octanol–water partition coefficient (Wildman–Crippen LogP) is 6.27. The monoisotopic (exact) mass is 585 g/mol. The van der Waals surface area contributed by atoms with E-state index in [0.717, 1.165) is 80.1 Å². The fourth-order valence-electron chi connectivity index (χ4n) is 5.47. The van der Waals surface area contributed by atoms with Crippen molar-refractivity contribution >= 4 is 38.8 Å². The average molecular weight is 586 g/mol. The largest absolute Gasteiger partial charge is 0.494 e. The normalized spacial score (nSPS) is 13.0. The number of carbonyl (C=O) groups is 1. The van der Waals surface area contributed by atoms with Crippen molar-refractivity contribution in [3.05, 3.63) is 69.1 Å². The van der Waals surface area contributed by atoms with Gasteiger partial charge in [-0.25, -0.2) is 0 Å². The van der Waals surface area contributed by atoms with Gasteiger partial charge in [-0.2, -0.15) is 9.65 Å². The van der Waals surface area contributed by atoms with Crippen LogP contribution in [-0.4, -0.2) is 37.7 Å². The van der Waals surface area contributed by atoms with E-state index in [1.807, 2.05) is 44.6 Å². The second-order valence-electron chi connectivity index (χ2n) is 10.5. The van der Waals surface area contributed by atoms with E-state index in [1.165, 1.54) is 5.56 Å². The molecule has 8 nitrogen and oxygen atoms in total. The number of aromatic nitrogens is 3. The highest BCUT2D eigenvalue weighted by atomic mass is 35.5. The molecule has 0 spiro atoms. The zero-order valence-electron chi connectivity index (χ0n) is 24.2. The molecule has 4 aromatic rings. The zero-order valence-corrected chi connectivity index (χ0v) is 25.8. The predicted molar refractivity (Wildman–Crippen MR) is 162 cm³/mol. The highest BCUT2D eigenvalue weighted by Gasteiger charge is 2.23. The van der Waals surface area contributed by atoms with E-state index in [9.17, 15) is 13.6 Å². The quantitative estimate of drug-likeness (QED) is 0.169. The van der Waals surface area contributed by atoms with E-state index in [1.54, 1.807) is 0 Å². The number of fused-ring (bicyclic) bond motifs is 1. The van der Waals surface area contributed by atoms with Gasteiger partial charge in [-0.1, -0.05) is 29.8 Å². The number of rotatable bonds is 10. The maximum atomic E-state index is 12.5. The summed E-state index contributed by atoms with van der Waals surface area (Å²) in [5, 5.41) is 6.52. The number of carbonyl (C=O) groups excluding carboxylic acids is 1. The SMILES string of the molecule is Cc1cc(OCCCc2c(C)n(CCC(=O)N[S+](C)(=O)O)c3c(-c4c(C)nn(C)c4C)cccc23)cc(C)c1Cl. The molecule has 2 aromatic carbocycles. The Morgan fingerprint density at radius 1 is 1.12 bits per heavy atom. The molecular weight excluding hydrogens is 548 g/mol. The first-order chi connectivity index (χ1) is 18.8. The molecule has 0 aliphatic heterocycles. The molecule has 0 fully saturated rings. The maximum Gasteiger partial charge on any atom is 0.310 e. The summed E-state index contributed by atoms with van der Waals surface area (Å²) in [6, 6.07) is 10.2. The molecule has 0 saturated heterocycles. The number of hydrogen-bond acceptors (Lipinski definition) is 4. The van der Waals surface area contributed by atoms with Gasteiger partial charge in [-0.15, -0.1) is 4.72 Å². The Morgan fingerprint density at radius 3 is 2.40 bits per heavy atom. The highest BCUT2D eigenvalue weighted by molar-refractivity contribution is 7.95. The van der Waals surface area contributed by atoms with Gasteiger partial charge in [-0.05, 0) is 80.5 Å². The second kappa shape index (κ2) is 11.8. The Labute approximate surface area is 242 Å². The van der Waals surface area contributed by atoms with Gasteiger partial charge in [0.15, 0.2) is 6.26 Å². The molecule has 2 N–H and O–H groups in total. The van der Waals surface area contributed by atoms with Crippen LogP contribution < -0.4 is 9.46 Å². The molecule has 1 atom stereocenters. The summed E-state index contributed by atoms with van der Waals surface area (Å²) in [5.41, 5.74) is 9.41. The van der Waals surface area contributed by atoms with E-state index in [2.05, 4.69) is 46.4 Å². The second-order valence-corrected chi connectivity index (χ2v) is 12.7. The lowest BCUT2D eigenvalue weighted by atomic mass is 9.98. The number of benzene rings is 2. The van der Waals surface area contributed by atoms with Crippen LogP contribution in [0.4, 0.5) is 0 Å². The lowest BCUT2D eigenvalue weighted by molar-refractivity contribution is -0.119. The van der Waals surface area contributed by atoms with Gasteiger partial charge in [0.25, 0.3) is 5.91 Å². The number of hydrogen-bond donors (Lipinski definition) is 2. The third-order valence-corrected chi connectivity index (χ3v) is 8.57. The van der Waals surface area contributed by atoms with E-state index < -0.39 is 16.3 Å². The first kappa shape index (κ1) is 29.8. The van der Waals surface area contributed by atoms with Gasteiger partial charge < -0.3 is 9.30 Å². The number of nitrogens with one attached hydrogen (secondary N) is 1. The Hall–Kier alpha value is -3.14. The lowest BCUT2D eigenvalue weighted by Gasteiger charge is -2.12. The average Bonchev–Trinajstić information content (AvgIpc) is 3.28. The molecule has 0 bridgehead atoms. The van der Waals surface area contributed by atoms with Crippen molar-refractivity contribution in [1.29, 1.82) is 0 Å². The highest BCUT2D eigenvalue weighted by Crippen LogP contribution is 2.37. The van der Waals surface area contributed by atoms with Gasteiger partial charge in [0.2, 0.25) is 0 Å². The summed E-state index contributed by atoms with van der Waals surface area (Å²) in [7, 11) is -1.43. The zero-order chi connectivity index (χ0) is 29.4. The van der Waals surface area contributed by atoms with Crippen molar-refractivity contribution < 1.29 is 18.3 Å². The van der Waals surface area contributed by atoms with Crippen molar-refractivity contribution in [2.24, 2.45) is 7.05 Å². The Bertz CT molecular complexity index is 1610. The number of aryl methyl sites for hydroxylation is 6. The van der Waals surface area contributed by atoms with Gasteiger partial charge in [0.05, 0.1) is 17.8 Å². The number of para-hydroxylation sites is 1. The summed E-state index contributed by atoms with van der Waals surface area (Å²) < 4.78 is 33.6. The van der Waals surface area contributed by atoms with Crippen LogP contribution in [0.5, 0.6) is 5.75 Å². The third kappa shape index (κ3) is 6.27. The summed E-state index contributed by atoms with van der Waals surface area (Å²) in [6.07, 6.45) is 2.77. The molecule has 2 heterocycles. The van der Waals surface area contributed by atoms with Crippen molar-refractivity contribution in [3.63, 3.8) is 0 Å². The standard InChI is InChI=1S/C30H37ClN4O4S/c1-18-16-23(17-19(2)29(18)31)39-15-9-12-24-21(4)35(14-13-27(36)33-40(7,37)38)30-25(24)10-8-11-26(30)28-20(3)32-34(6)22(28)5/h8,10-11,16-17H,9,12-15H2,1-7H3,(H-,33,36,37,38)/p+1. The van der Waals surface area contributed by atoms with Crippen molar-refractivity contribution in [1.82, 2.24) is 19.1 Å². The van der Waals surface area contributed by atoms with E-state index in [-0.39, 0.29) is 6.42 Å². The van der Waals surface area contributed by atoms with Crippen molar-refractivity contribution in [2.45, 2.75) is 60.4 Å². The smallest absolute Gasteiger partial charge is 0.310 e. The number of ether oxygens (including phenoxy) is 1. The van der Waals surface area contributed by atoms with Crippen LogP contribution in [0.2, 0.25) is 5.02 Å². The fourth-order valence-corrected chi connectivity index (χ4v) is 6.10. The van der Waals surface area contributed by atoms with Crippen molar-refractivity contribution in [3.8, 4) is 16.9 Å². The van der Waals surface area contributed by atoms with Gasteiger partial charge in [-0.3, -0.25) is 9.48 Å². The molecule has 0 aliphatic carbocycles. The molecule has 0 saturated carbocycles. The molecule has 10 heteroatoms. The minimum Gasteiger partial charge on any atom is -0.494 e. The Balaban J connectivity index is 1.68. The number of nitrogens with zero attached hydrogens (tertiary/aromatic N) is 3. The summed E-state index contributed by atoms with van der Waals surface area (Å²) in [5.74, 6) is 0.344. The molecule has 0 aliphatic rings. The van der Waals surface area contributed by atoms with Crippen LogP contribution in [0.3, 0.4) is 0 Å². The number of amides is 1. The molecule has 1 amide bonds. The maximum absolute atomic E-state index is 12.5. The molecular formula is C30H38ClN4O4S+. The van der Waals surface area contributed by atoms with Crippen LogP contribution in [0.1, 0.15) is 46.6 Å². The molecule has 1 unspecified atom stereocenters. The van der Waals surface area contributed by atoms with Crippen LogP contribution in [-0.2, 0) is 39.4 Å². The van der Waals surface area contributed by atoms with Crippen LogP contribution in [0.15, 0.2) is 30.3 Å². The van der Waals surface area contributed by atoms with E-state index in [4.69, 9.17) is 16.3 Å². The first-order valence-corrected chi connectivity index (χ1v) is 15.6. The summed E-state index contributed by atoms with van der Waals surface area (Å²) in [6.45, 7) is 11.0. The number of halogens is 1. The van der Waals surface area contributed by atoms with Gasteiger partial charge >= 0.3 is 10.4 Å². The van der Waals surface area contributed by atoms with Crippen LogP contribution >= 0.6 is 11.6 Å². The minimum absolute atomic E-state index is 0.0766. The fraction of sp³-hybridized carbons (Fsp3) is 0.400.